The van der Waals surface area contributed by atoms with Crippen molar-refractivity contribution < 1.29 is 14.3 Å². The van der Waals surface area contributed by atoms with E-state index in [1.807, 2.05) is 6.92 Å². The second-order valence-electron chi connectivity index (χ2n) is 5.24. The molecule has 0 aliphatic carbocycles. The zero-order chi connectivity index (χ0) is 13.1. The van der Waals surface area contributed by atoms with Gasteiger partial charge in [-0.2, -0.15) is 0 Å². The molecule has 0 radical (unpaired) electrons. The lowest BCUT2D eigenvalue weighted by Crippen LogP contribution is -2.50. The number of carbonyl (C=O) groups excluding carboxylic acids is 2. The molecule has 6 nitrogen and oxygen atoms in total. The van der Waals surface area contributed by atoms with Crippen molar-refractivity contribution in [3.8, 4) is 0 Å². The molecule has 98 valence electrons. The summed E-state index contributed by atoms with van der Waals surface area (Å²) in [6, 6.07) is -0.0729. The molecule has 0 aromatic carbocycles. The highest BCUT2D eigenvalue weighted by Gasteiger charge is 2.25. The number of rotatable bonds is 0. The van der Waals surface area contributed by atoms with Crippen molar-refractivity contribution in [3.05, 3.63) is 0 Å². The highest BCUT2D eigenvalue weighted by atomic mass is 16.6. The Morgan fingerprint density at radius 3 is 2.41 bits per heavy atom. The molecule has 0 saturated carbocycles. The summed E-state index contributed by atoms with van der Waals surface area (Å²) < 4.78 is 4.99. The fraction of sp³-hybridized carbons (Fsp3) is 0.818. The fourth-order valence-corrected chi connectivity index (χ4v) is 1.71. The van der Waals surface area contributed by atoms with Gasteiger partial charge in [0.1, 0.15) is 5.60 Å². The van der Waals surface area contributed by atoms with Crippen LogP contribution in [0.15, 0.2) is 0 Å². The molecule has 17 heavy (non-hydrogen) atoms. The maximum absolute atomic E-state index is 11.7. The van der Waals surface area contributed by atoms with Crippen LogP contribution < -0.4 is 10.9 Å². The first-order chi connectivity index (χ1) is 7.79. The lowest BCUT2D eigenvalue weighted by Gasteiger charge is -2.23. The number of urea groups is 1. The Morgan fingerprint density at radius 2 is 1.94 bits per heavy atom. The summed E-state index contributed by atoms with van der Waals surface area (Å²) in [4.78, 5) is 24.7. The Morgan fingerprint density at radius 1 is 1.29 bits per heavy atom. The summed E-state index contributed by atoms with van der Waals surface area (Å²) in [5.74, 6) is 0. The van der Waals surface area contributed by atoms with Gasteiger partial charge in [0.25, 0.3) is 0 Å². The lowest BCUT2D eigenvalue weighted by molar-refractivity contribution is 0.0498. The number of likely N-dealkylation sites (tertiary alicyclic amines) is 1. The predicted octanol–water partition coefficient (Wildman–Crippen LogP) is 1.62. The number of nitrogens with one attached hydrogen (secondary N) is 2. The fourth-order valence-electron chi connectivity index (χ4n) is 1.71. The third-order valence-electron chi connectivity index (χ3n) is 2.48. The van der Waals surface area contributed by atoms with Crippen LogP contribution >= 0.6 is 0 Å². The van der Waals surface area contributed by atoms with E-state index in [-0.39, 0.29) is 12.1 Å². The van der Waals surface area contributed by atoms with Gasteiger partial charge in [0, 0.05) is 12.6 Å². The third-order valence-corrected chi connectivity index (χ3v) is 2.48. The average Bonchev–Trinajstić information content (AvgIpc) is 2.58. The van der Waals surface area contributed by atoms with E-state index in [4.69, 9.17) is 4.74 Å². The van der Waals surface area contributed by atoms with E-state index in [0.717, 1.165) is 19.4 Å². The van der Waals surface area contributed by atoms with Gasteiger partial charge in [0.2, 0.25) is 0 Å². The molecule has 1 heterocycles. The molecule has 0 bridgehead atoms. The molecule has 3 amide bonds. The molecule has 1 aliphatic heterocycles. The number of hydrogen-bond donors (Lipinski definition) is 2. The summed E-state index contributed by atoms with van der Waals surface area (Å²) in [5, 5.41) is 0. The molecule has 1 atom stereocenters. The monoisotopic (exact) mass is 243 g/mol. The van der Waals surface area contributed by atoms with Crippen LogP contribution in [0, 0.1) is 0 Å². The van der Waals surface area contributed by atoms with E-state index >= 15 is 0 Å². The first-order valence-corrected chi connectivity index (χ1v) is 5.85. The molecule has 1 unspecified atom stereocenters. The second-order valence-corrected chi connectivity index (χ2v) is 5.24. The summed E-state index contributed by atoms with van der Waals surface area (Å²) in [6.45, 7) is 7.99. The van der Waals surface area contributed by atoms with Gasteiger partial charge in [-0.05, 0) is 40.5 Å². The van der Waals surface area contributed by atoms with Crippen molar-refractivity contribution in [2.45, 2.75) is 52.2 Å². The smallest absolute Gasteiger partial charge is 0.426 e. The number of nitrogens with zero attached hydrogens (tertiary/aromatic N) is 1. The highest BCUT2D eigenvalue weighted by molar-refractivity contribution is 5.78. The van der Waals surface area contributed by atoms with Crippen molar-refractivity contribution in [1.82, 2.24) is 15.8 Å². The van der Waals surface area contributed by atoms with Crippen molar-refractivity contribution in [3.63, 3.8) is 0 Å². The Bertz CT molecular complexity index is 299. The Hall–Kier alpha value is -1.46. The summed E-state index contributed by atoms with van der Waals surface area (Å²) in [5.41, 5.74) is 4.00. The third kappa shape index (κ3) is 4.50. The summed E-state index contributed by atoms with van der Waals surface area (Å²) >= 11 is 0. The second kappa shape index (κ2) is 5.25. The molecular weight excluding hydrogens is 222 g/mol. The number of carbonyl (C=O) groups is 2. The van der Waals surface area contributed by atoms with Gasteiger partial charge in [-0.3, -0.25) is 0 Å². The van der Waals surface area contributed by atoms with Crippen LogP contribution in [0.2, 0.25) is 0 Å². The van der Waals surface area contributed by atoms with Crippen LogP contribution in [-0.2, 0) is 4.74 Å². The first kappa shape index (κ1) is 13.6. The van der Waals surface area contributed by atoms with E-state index in [2.05, 4.69) is 10.9 Å². The lowest BCUT2D eigenvalue weighted by atomic mass is 10.2. The van der Waals surface area contributed by atoms with E-state index in [9.17, 15) is 9.59 Å². The topological polar surface area (TPSA) is 70.7 Å². The SMILES string of the molecule is CC1CCCN1C(=O)NNC(=O)OC(C)(C)C. The Balaban J connectivity index is 2.31. The van der Waals surface area contributed by atoms with Gasteiger partial charge in [0.15, 0.2) is 0 Å². The number of hydrazine groups is 1. The van der Waals surface area contributed by atoms with Crippen LogP contribution in [-0.4, -0.2) is 35.2 Å². The Kier molecular flexibility index (Phi) is 4.20. The van der Waals surface area contributed by atoms with Gasteiger partial charge >= 0.3 is 12.1 Å². The molecule has 1 rings (SSSR count). The number of amides is 3. The molecule has 1 fully saturated rings. The van der Waals surface area contributed by atoms with Gasteiger partial charge in [0.05, 0.1) is 0 Å². The van der Waals surface area contributed by atoms with Gasteiger partial charge in [-0.1, -0.05) is 0 Å². The van der Waals surface area contributed by atoms with Crippen molar-refractivity contribution in [1.29, 1.82) is 0 Å². The van der Waals surface area contributed by atoms with Crippen LogP contribution in [0.3, 0.4) is 0 Å². The number of ether oxygens (including phenoxy) is 1. The quantitative estimate of drug-likeness (QED) is 0.635. The van der Waals surface area contributed by atoms with Crippen LogP contribution in [0.1, 0.15) is 40.5 Å². The molecular formula is C11H21N3O3. The zero-order valence-electron chi connectivity index (χ0n) is 10.9. The van der Waals surface area contributed by atoms with E-state index in [1.54, 1.807) is 25.7 Å². The standard InChI is InChI=1S/C11H21N3O3/c1-8-6-5-7-14(8)9(15)12-13-10(16)17-11(2,3)4/h8H,5-7H2,1-4H3,(H,12,15)(H,13,16). The van der Waals surface area contributed by atoms with Crippen LogP contribution in [0.5, 0.6) is 0 Å². The number of hydrogen-bond acceptors (Lipinski definition) is 3. The van der Waals surface area contributed by atoms with Crippen molar-refractivity contribution >= 4 is 12.1 Å². The van der Waals surface area contributed by atoms with Crippen LogP contribution in [0.4, 0.5) is 9.59 Å². The normalized spacial score (nSPS) is 20.0. The zero-order valence-corrected chi connectivity index (χ0v) is 10.9. The molecule has 0 spiro atoms. The molecule has 1 aliphatic rings. The van der Waals surface area contributed by atoms with Gasteiger partial charge in [-0.25, -0.2) is 20.4 Å². The molecule has 1 saturated heterocycles. The minimum atomic E-state index is -0.655. The maximum atomic E-state index is 11.7. The minimum Gasteiger partial charge on any atom is -0.443 e. The largest absolute Gasteiger partial charge is 0.443 e. The van der Waals surface area contributed by atoms with Crippen molar-refractivity contribution in [2.24, 2.45) is 0 Å². The first-order valence-electron chi connectivity index (χ1n) is 5.85. The Labute approximate surface area is 102 Å². The molecule has 0 aromatic heterocycles. The van der Waals surface area contributed by atoms with E-state index in [0.29, 0.717) is 0 Å². The molecule has 2 N–H and O–H groups in total. The maximum Gasteiger partial charge on any atom is 0.426 e. The summed E-state index contributed by atoms with van der Waals surface area (Å²) in [6.07, 6.45) is 1.35. The van der Waals surface area contributed by atoms with Crippen molar-refractivity contribution in [2.75, 3.05) is 6.54 Å². The van der Waals surface area contributed by atoms with E-state index < -0.39 is 11.7 Å². The molecule has 6 heteroatoms. The van der Waals surface area contributed by atoms with Crippen LogP contribution in [0.25, 0.3) is 0 Å². The average molecular weight is 243 g/mol. The molecule has 0 aromatic rings. The van der Waals surface area contributed by atoms with Gasteiger partial charge in [-0.15, -0.1) is 0 Å². The van der Waals surface area contributed by atoms with E-state index in [1.165, 1.54) is 0 Å². The predicted molar refractivity (Wildman–Crippen MR) is 63.3 cm³/mol. The minimum absolute atomic E-state index is 0.218. The van der Waals surface area contributed by atoms with Gasteiger partial charge < -0.3 is 9.64 Å². The summed E-state index contributed by atoms with van der Waals surface area (Å²) in [7, 11) is 0. The highest BCUT2D eigenvalue weighted by Crippen LogP contribution is 2.15.